The van der Waals surface area contributed by atoms with Gasteiger partial charge < -0.3 is 14.2 Å². The number of esters is 3. The maximum Gasteiger partial charge on any atom is 0.306 e. The standard InChI is InChI=1S/C60H106O6/c1-4-7-10-13-16-19-22-25-27-29-30-32-33-35-38-41-44-47-50-53-59(62)65-56-57(55-64-58(61)52-49-46-43-40-37-24-21-18-15-12-9-6-3)66-60(63)54-51-48-45-42-39-36-34-31-28-26-23-20-17-14-11-8-5-2/h8,11,17-18,20-21,25-28,57H,4-7,9-10,12-16,19,22-24,29-56H2,1-3H3/b11-8-,20-17-,21-18-,27-25-,28-26-. The van der Waals surface area contributed by atoms with Crippen molar-refractivity contribution in [1.29, 1.82) is 0 Å². The second-order valence-electron chi connectivity index (χ2n) is 18.8. The Balaban J connectivity index is 4.35. The van der Waals surface area contributed by atoms with Crippen molar-refractivity contribution >= 4 is 17.9 Å². The highest BCUT2D eigenvalue weighted by Gasteiger charge is 2.19. The number of hydrogen-bond acceptors (Lipinski definition) is 6. The van der Waals surface area contributed by atoms with Gasteiger partial charge in [-0.05, 0) is 103 Å². The zero-order chi connectivity index (χ0) is 47.9. The molecule has 0 aliphatic rings. The van der Waals surface area contributed by atoms with Crippen molar-refractivity contribution < 1.29 is 28.6 Å². The summed E-state index contributed by atoms with van der Waals surface area (Å²) in [6.07, 6.45) is 67.8. The fourth-order valence-corrected chi connectivity index (χ4v) is 7.98. The van der Waals surface area contributed by atoms with E-state index >= 15 is 0 Å². The van der Waals surface area contributed by atoms with E-state index in [-0.39, 0.29) is 31.1 Å². The average Bonchev–Trinajstić information content (AvgIpc) is 3.31. The molecule has 1 atom stereocenters. The van der Waals surface area contributed by atoms with Gasteiger partial charge >= 0.3 is 17.9 Å². The number of unbranched alkanes of at least 4 members (excludes halogenated alkanes) is 30. The van der Waals surface area contributed by atoms with Crippen LogP contribution in [0.5, 0.6) is 0 Å². The molecule has 0 fully saturated rings. The molecule has 0 spiro atoms. The number of allylic oxidation sites excluding steroid dienone is 10. The van der Waals surface area contributed by atoms with Gasteiger partial charge in [-0.1, -0.05) is 223 Å². The minimum atomic E-state index is -0.783. The van der Waals surface area contributed by atoms with Crippen molar-refractivity contribution in [2.45, 2.75) is 290 Å². The van der Waals surface area contributed by atoms with Crippen LogP contribution in [0.4, 0.5) is 0 Å². The SMILES string of the molecule is CC/C=C\C/C=C\C/C=C\CCCCCCCCCC(=O)OC(COC(=O)CCCCCCC/C=C\CCCCC)COC(=O)CCCCCCCCCCC/C=C\CCCCCCCC. The molecule has 0 aromatic rings. The number of rotatable bonds is 51. The van der Waals surface area contributed by atoms with Crippen LogP contribution >= 0.6 is 0 Å². The quantitative estimate of drug-likeness (QED) is 0.0262. The molecule has 0 radical (unpaired) electrons. The first-order chi connectivity index (χ1) is 32.5. The minimum Gasteiger partial charge on any atom is -0.462 e. The molecule has 0 saturated heterocycles. The van der Waals surface area contributed by atoms with Crippen LogP contribution in [-0.4, -0.2) is 37.2 Å². The maximum atomic E-state index is 12.8. The Hall–Kier alpha value is -2.89. The lowest BCUT2D eigenvalue weighted by molar-refractivity contribution is -0.167. The van der Waals surface area contributed by atoms with Gasteiger partial charge in [-0.15, -0.1) is 0 Å². The molecule has 0 aliphatic carbocycles. The maximum absolute atomic E-state index is 12.8. The Bertz CT molecular complexity index is 1200. The lowest BCUT2D eigenvalue weighted by Gasteiger charge is -2.18. The molecule has 6 nitrogen and oxygen atoms in total. The van der Waals surface area contributed by atoms with Crippen molar-refractivity contribution in [1.82, 2.24) is 0 Å². The predicted molar refractivity (Wildman–Crippen MR) is 284 cm³/mol. The zero-order valence-electron chi connectivity index (χ0n) is 43.7. The molecule has 0 aromatic heterocycles. The summed E-state index contributed by atoms with van der Waals surface area (Å²) in [5, 5.41) is 0. The number of carbonyl (C=O) groups is 3. The predicted octanol–water partition coefficient (Wildman–Crippen LogP) is 18.8. The van der Waals surface area contributed by atoms with Crippen LogP contribution in [0.15, 0.2) is 60.8 Å². The van der Waals surface area contributed by atoms with Crippen molar-refractivity contribution in [3.8, 4) is 0 Å². The summed E-state index contributed by atoms with van der Waals surface area (Å²) < 4.78 is 16.8. The first kappa shape index (κ1) is 63.1. The van der Waals surface area contributed by atoms with Crippen molar-refractivity contribution in [3.05, 3.63) is 60.8 Å². The van der Waals surface area contributed by atoms with Gasteiger partial charge in [0, 0.05) is 19.3 Å². The topological polar surface area (TPSA) is 78.9 Å². The highest BCUT2D eigenvalue weighted by molar-refractivity contribution is 5.71. The lowest BCUT2D eigenvalue weighted by Crippen LogP contribution is -2.30. The van der Waals surface area contributed by atoms with Gasteiger partial charge in [0.2, 0.25) is 0 Å². The molecule has 1 unspecified atom stereocenters. The van der Waals surface area contributed by atoms with Crippen LogP contribution in [-0.2, 0) is 28.6 Å². The van der Waals surface area contributed by atoms with Crippen molar-refractivity contribution in [2.24, 2.45) is 0 Å². The molecule has 0 heterocycles. The van der Waals surface area contributed by atoms with E-state index in [1.54, 1.807) is 0 Å². The van der Waals surface area contributed by atoms with Crippen molar-refractivity contribution in [2.75, 3.05) is 13.2 Å². The number of carbonyl (C=O) groups excluding carboxylic acids is 3. The van der Waals surface area contributed by atoms with E-state index in [4.69, 9.17) is 14.2 Å². The second-order valence-corrected chi connectivity index (χ2v) is 18.8. The van der Waals surface area contributed by atoms with Gasteiger partial charge in [0.15, 0.2) is 6.10 Å². The molecule has 0 rings (SSSR count). The van der Waals surface area contributed by atoms with E-state index in [9.17, 15) is 14.4 Å². The average molecular weight is 924 g/mol. The number of ether oxygens (including phenoxy) is 3. The molecule has 6 heteroatoms. The largest absolute Gasteiger partial charge is 0.462 e. The van der Waals surface area contributed by atoms with E-state index in [1.165, 1.54) is 154 Å². The van der Waals surface area contributed by atoms with Crippen molar-refractivity contribution in [3.63, 3.8) is 0 Å². The Kier molecular flexibility index (Phi) is 52.3. The van der Waals surface area contributed by atoms with Gasteiger partial charge in [-0.3, -0.25) is 14.4 Å². The molecule has 382 valence electrons. The highest BCUT2D eigenvalue weighted by Crippen LogP contribution is 2.15. The molecular weight excluding hydrogens is 817 g/mol. The first-order valence-corrected chi connectivity index (χ1v) is 28.3. The summed E-state index contributed by atoms with van der Waals surface area (Å²) in [7, 11) is 0. The summed E-state index contributed by atoms with van der Waals surface area (Å²) >= 11 is 0. The molecule has 0 N–H and O–H groups in total. The fraction of sp³-hybridized carbons (Fsp3) is 0.783. The van der Waals surface area contributed by atoms with E-state index in [2.05, 4.69) is 81.5 Å². The highest BCUT2D eigenvalue weighted by atomic mass is 16.6. The van der Waals surface area contributed by atoms with Crippen LogP contribution in [0.3, 0.4) is 0 Å². The van der Waals surface area contributed by atoms with E-state index in [0.29, 0.717) is 19.3 Å². The second kappa shape index (κ2) is 54.7. The first-order valence-electron chi connectivity index (χ1n) is 28.3. The summed E-state index contributed by atoms with van der Waals surface area (Å²) in [5.74, 6) is -0.894. The van der Waals surface area contributed by atoms with E-state index in [0.717, 1.165) is 89.9 Å². The molecule has 0 bridgehead atoms. The molecule has 0 aromatic carbocycles. The van der Waals surface area contributed by atoms with Crippen LogP contribution in [0.25, 0.3) is 0 Å². The van der Waals surface area contributed by atoms with Gasteiger partial charge in [0.05, 0.1) is 0 Å². The van der Waals surface area contributed by atoms with Crippen LogP contribution < -0.4 is 0 Å². The molecule has 0 saturated carbocycles. The van der Waals surface area contributed by atoms with Gasteiger partial charge in [-0.25, -0.2) is 0 Å². The molecule has 0 amide bonds. The minimum absolute atomic E-state index is 0.0810. The normalized spacial score (nSPS) is 12.5. The zero-order valence-corrected chi connectivity index (χ0v) is 43.7. The Morgan fingerprint density at radius 1 is 0.318 bits per heavy atom. The van der Waals surface area contributed by atoms with Gasteiger partial charge in [0.1, 0.15) is 13.2 Å². The van der Waals surface area contributed by atoms with E-state index in [1.807, 2.05) is 0 Å². The lowest BCUT2D eigenvalue weighted by atomic mass is 10.1. The third kappa shape index (κ3) is 52.1. The molecule has 0 aliphatic heterocycles. The third-order valence-corrected chi connectivity index (χ3v) is 12.2. The Morgan fingerprint density at radius 3 is 0.970 bits per heavy atom. The van der Waals surface area contributed by atoms with Gasteiger partial charge in [0.25, 0.3) is 0 Å². The summed E-state index contributed by atoms with van der Waals surface area (Å²) in [4.78, 5) is 38.1. The summed E-state index contributed by atoms with van der Waals surface area (Å²) in [6, 6.07) is 0. The van der Waals surface area contributed by atoms with Crippen LogP contribution in [0.2, 0.25) is 0 Å². The smallest absolute Gasteiger partial charge is 0.306 e. The molecular formula is C60H106O6. The Morgan fingerprint density at radius 2 is 0.591 bits per heavy atom. The van der Waals surface area contributed by atoms with E-state index < -0.39 is 6.10 Å². The van der Waals surface area contributed by atoms with Gasteiger partial charge in [-0.2, -0.15) is 0 Å². The molecule has 66 heavy (non-hydrogen) atoms. The van der Waals surface area contributed by atoms with Crippen LogP contribution in [0, 0.1) is 0 Å². The third-order valence-electron chi connectivity index (χ3n) is 12.2. The number of hydrogen-bond donors (Lipinski definition) is 0. The van der Waals surface area contributed by atoms with Crippen LogP contribution in [0.1, 0.15) is 284 Å². The summed E-state index contributed by atoms with van der Waals surface area (Å²) in [6.45, 7) is 6.51. The summed E-state index contributed by atoms with van der Waals surface area (Å²) in [5.41, 5.74) is 0. The monoisotopic (exact) mass is 923 g/mol. The Labute approximate surface area is 409 Å². The fourth-order valence-electron chi connectivity index (χ4n) is 7.98.